The van der Waals surface area contributed by atoms with Gasteiger partial charge in [0.1, 0.15) is 0 Å². The molecule has 3 heteroatoms. The van der Waals surface area contributed by atoms with Crippen LogP contribution in [-0.4, -0.2) is 19.0 Å². The number of carbonyl (C=O) groups is 1. The van der Waals surface area contributed by atoms with Crippen molar-refractivity contribution in [2.75, 3.05) is 18.4 Å². The van der Waals surface area contributed by atoms with E-state index in [1.807, 2.05) is 12.1 Å². The Balaban J connectivity index is 2.04. The monoisotopic (exact) mass is 288 g/mol. The van der Waals surface area contributed by atoms with Gasteiger partial charge < -0.3 is 10.6 Å². The lowest BCUT2D eigenvalue weighted by atomic mass is 9.67. The highest BCUT2D eigenvalue weighted by Gasteiger charge is 2.35. The van der Waals surface area contributed by atoms with E-state index in [1.54, 1.807) is 0 Å². The molecule has 0 aromatic heterocycles. The summed E-state index contributed by atoms with van der Waals surface area (Å²) in [5.74, 6) is 0.0494. The third kappa shape index (κ3) is 3.78. The molecule has 116 valence electrons. The molecule has 3 nitrogen and oxygen atoms in total. The van der Waals surface area contributed by atoms with Crippen LogP contribution < -0.4 is 10.6 Å². The van der Waals surface area contributed by atoms with Crippen molar-refractivity contribution in [3.8, 4) is 0 Å². The highest BCUT2D eigenvalue weighted by atomic mass is 16.1. The van der Waals surface area contributed by atoms with E-state index in [-0.39, 0.29) is 5.91 Å². The number of nitrogens with one attached hydrogen (secondary N) is 2. The van der Waals surface area contributed by atoms with Crippen LogP contribution >= 0.6 is 0 Å². The van der Waals surface area contributed by atoms with Gasteiger partial charge in [0.2, 0.25) is 0 Å². The third-order valence-electron chi connectivity index (χ3n) is 4.77. The number of hydrogen-bond acceptors (Lipinski definition) is 2. The van der Waals surface area contributed by atoms with Gasteiger partial charge in [-0.05, 0) is 55.7 Å². The first-order chi connectivity index (χ1) is 10.1. The van der Waals surface area contributed by atoms with Crippen LogP contribution in [0.5, 0.6) is 0 Å². The van der Waals surface area contributed by atoms with Gasteiger partial charge in [0.15, 0.2) is 0 Å². The summed E-state index contributed by atoms with van der Waals surface area (Å²) in [4.78, 5) is 12.5. The quantitative estimate of drug-likeness (QED) is 0.792. The molecule has 0 unspecified atom stereocenters. The maximum Gasteiger partial charge on any atom is 0.253 e. The number of aryl methyl sites for hydroxylation is 1. The predicted molar refractivity (Wildman–Crippen MR) is 88.9 cm³/mol. The fourth-order valence-corrected chi connectivity index (χ4v) is 2.96. The second kappa shape index (κ2) is 6.97. The molecule has 1 saturated carbocycles. The van der Waals surface area contributed by atoms with E-state index in [0.717, 1.165) is 37.2 Å². The number of anilines is 1. The summed E-state index contributed by atoms with van der Waals surface area (Å²) in [6.45, 7) is 8.11. The van der Waals surface area contributed by atoms with Crippen LogP contribution in [0, 0.1) is 12.3 Å². The summed E-state index contributed by atoms with van der Waals surface area (Å²) in [7, 11) is 0. The lowest BCUT2D eigenvalue weighted by molar-refractivity contribution is 0.0851. The fourth-order valence-electron chi connectivity index (χ4n) is 2.96. The molecule has 0 bridgehead atoms. The smallest absolute Gasteiger partial charge is 0.253 e. The maximum atomic E-state index is 12.5. The Kier molecular flexibility index (Phi) is 5.27. The zero-order chi connectivity index (χ0) is 15.3. The molecule has 21 heavy (non-hydrogen) atoms. The molecule has 1 amide bonds. The van der Waals surface area contributed by atoms with E-state index in [9.17, 15) is 4.79 Å². The topological polar surface area (TPSA) is 41.1 Å². The van der Waals surface area contributed by atoms with E-state index in [0.29, 0.717) is 5.41 Å². The van der Waals surface area contributed by atoms with Crippen molar-refractivity contribution < 1.29 is 4.79 Å². The third-order valence-corrected chi connectivity index (χ3v) is 4.77. The van der Waals surface area contributed by atoms with Crippen LogP contribution in [0.2, 0.25) is 0 Å². The number of carbonyl (C=O) groups excluding carboxylic acids is 1. The average molecular weight is 288 g/mol. The Bertz CT molecular complexity index is 486. The molecule has 2 rings (SSSR count). The fraction of sp³-hybridized carbons (Fsp3) is 0.611. The summed E-state index contributed by atoms with van der Waals surface area (Å²) >= 11 is 0. The first-order valence-electron chi connectivity index (χ1n) is 8.23. The Morgan fingerprint density at radius 3 is 2.62 bits per heavy atom. The highest BCUT2D eigenvalue weighted by molar-refractivity contribution is 5.99. The summed E-state index contributed by atoms with van der Waals surface area (Å²) in [6, 6.07) is 6.00. The highest BCUT2D eigenvalue weighted by Crippen LogP contribution is 2.43. The maximum absolute atomic E-state index is 12.5. The largest absolute Gasteiger partial charge is 0.384 e. The zero-order valence-corrected chi connectivity index (χ0v) is 13.6. The minimum atomic E-state index is 0.0494. The van der Waals surface area contributed by atoms with Crippen LogP contribution in [-0.2, 0) is 0 Å². The van der Waals surface area contributed by atoms with Gasteiger partial charge in [-0.1, -0.05) is 26.3 Å². The molecule has 0 heterocycles. The number of benzene rings is 1. The van der Waals surface area contributed by atoms with Gasteiger partial charge in [-0.2, -0.15) is 0 Å². The van der Waals surface area contributed by atoms with Gasteiger partial charge in [0.25, 0.3) is 5.91 Å². The molecule has 1 aliphatic carbocycles. The van der Waals surface area contributed by atoms with Crippen molar-refractivity contribution in [1.29, 1.82) is 0 Å². The van der Waals surface area contributed by atoms with Crippen LogP contribution in [0.25, 0.3) is 0 Å². The van der Waals surface area contributed by atoms with E-state index in [4.69, 9.17) is 0 Å². The molecule has 0 aliphatic heterocycles. The van der Waals surface area contributed by atoms with Crippen molar-refractivity contribution in [2.45, 2.75) is 52.9 Å². The lowest BCUT2D eigenvalue weighted by Gasteiger charge is -2.41. The van der Waals surface area contributed by atoms with Gasteiger partial charge in [-0.3, -0.25) is 4.79 Å². The molecule has 0 spiro atoms. The van der Waals surface area contributed by atoms with Gasteiger partial charge in [-0.15, -0.1) is 0 Å². The van der Waals surface area contributed by atoms with E-state index < -0.39 is 0 Å². The summed E-state index contributed by atoms with van der Waals surface area (Å²) < 4.78 is 0. The average Bonchev–Trinajstić information content (AvgIpc) is 2.44. The SMILES string of the molecule is CCCNc1cc(C)ccc1C(=O)NCC1(CC)CCC1. The minimum Gasteiger partial charge on any atom is -0.384 e. The minimum absolute atomic E-state index is 0.0494. The molecular formula is C18H28N2O. The molecule has 1 aromatic rings. The van der Waals surface area contributed by atoms with Gasteiger partial charge in [0, 0.05) is 18.8 Å². The Morgan fingerprint density at radius 2 is 2.05 bits per heavy atom. The Morgan fingerprint density at radius 1 is 1.29 bits per heavy atom. The van der Waals surface area contributed by atoms with Gasteiger partial charge in [-0.25, -0.2) is 0 Å². The van der Waals surface area contributed by atoms with Crippen LogP contribution in [0.4, 0.5) is 5.69 Å². The van der Waals surface area contributed by atoms with E-state index >= 15 is 0 Å². The Hall–Kier alpha value is -1.51. The number of rotatable bonds is 7. The first kappa shape index (κ1) is 15.9. The molecular weight excluding hydrogens is 260 g/mol. The predicted octanol–water partition coefficient (Wildman–Crippen LogP) is 4.13. The molecule has 1 fully saturated rings. The summed E-state index contributed by atoms with van der Waals surface area (Å²) in [5.41, 5.74) is 3.25. The Labute approximate surface area is 128 Å². The van der Waals surface area contributed by atoms with Crippen LogP contribution in [0.15, 0.2) is 18.2 Å². The first-order valence-corrected chi connectivity index (χ1v) is 8.23. The normalized spacial score (nSPS) is 16.1. The van der Waals surface area contributed by atoms with Gasteiger partial charge >= 0.3 is 0 Å². The van der Waals surface area contributed by atoms with Crippen molar-refractivity contribution in [3.05, 3.63) is 29.3 Å². The molecule has 0 radical (unpaired) electrons. The summed E-state index contributed by atoms with van der Waals surface area (Å²) in [5, 5.41) is 6.51. The lowest BCUT2D eigenvalue weighted by Crippen LogP contribution is -2.41. The van der Waals surface area contributed by atoms with Crippen molar-refractivity contribution >= 4 is 11.6 Å². The molecule has 1 aliphatic rings. The van der Waals surface area contributed by atoms with Crippen molar-refractivity contribution in [1.82, 2.24) is 5.32 Å². The van der Waals surface area contributed by atoms with Crippen LogP contribution in [0.3, 0.4) is 0 Å². The zero-order valence-electron chi connectivity index (χ0n) is 13.6. The number of amides is 1. The van der Waals surface area contributed by atoms with Crippen molar-refractivity contribution in [2.24, 2.45) is 5.41 Å². The second-order valence-corrected chi connectivity index (χ2v) is 6.37. The molecule has 1 aromatic carbocycles. The molecule has 0 atom stereocenters. The van der Waals surface area contributed by atoms with Gasteiger partial charge in [0.05, 0.1) is 5.56 Å². The second-order valence-electron chi connectivity index (χ2n) is 6.37. The molecule has 2 N–H and O–H groups in total. The molecule has 0 saturated heterocycles. The van der Waals surface area contributed by atoms with E-state index in [1.165, 1.54) is 24.8 Å². The van der Waals surface area contributed by atoms with E-state index in [2.05, 4.69) is 37.5 Å². The summed E-state index contributed by atoms with van der Waals surface area (Å²) in [6.07, 6.45) is 6.00. The van der Waals surface area contributed by atoms with Crippen LogP contribution in [0.1, 0.15) is 61.9 Å². The standard InChI is InChI=1S/C18H28N2O/c1-4-11-19-16-12-14(3)7-8-15(16)17(21)20-13-18(5-2)9-6-10-18/h7-8,12,19H,4-6,9-11,13H2,1-3H3,(H,20,21). The van der Waals surface area contributed by atoms with Crippen molar-refractivity contribution in [3.63, 3.8) is 0 Å². The number of hydrogen-bond donors (Lipinski definition) is 2.